The molecule has 1 saturated heterocycles. The van der Waals surface area contributed by atoms with Crippen molar-refractivity contribution in [3.63, 3.8) is 0 Å². The van der Waals surface area contributed by atoms with E-state index in [0.29, 0.717) is 36.3 Å². The van der Waals surface area contributed by atoms with E-state index in [4.69, 9.17) is 5.73 Å². The monoisotopic (exact) mass is 429 g/mol. The third kappa shape index (κ3) is 3.24. The molecule has 0 radical (unpaired) electrons. The maximum atomic E-state index is 13.6. The van der Waals surface area contributed by atoms with Gasteiger partial charge >= 0.3 is 0 Å². The third-order valence-electron chi connectivity index (χ3n) is 6.08. The van der Waals surface area contributed by atoms with E-state index in [1.54, 1.807) is 9.80 Å². The molecule has 0 unspecified atom stereocenters. The highest BCUT2D eigenvalue weighted by molar-refractivity contribution is 6.09. The number of aryl methyl sites for hydroxylation is 1. The fraction of sp³-hybridized carbons (Fsp3) is 0.250. The normalized spacial score (nSPS) is 15.9. The minimum Gasteiger partial charge on any atom is -0.364 e. The molecular weight excluding hydrogens is 406 g/mol. The van der Waals surface area contributed by atoms with E-state index in [1.807, 2.05) is 55.5 Å². The molecule has 162 valence electrons. The molecule has 0 saturated carbocycles. The summed E-state index contributed by atoms with van der Waals surface area (Å²) >= 11 is 0. The molecule has 3 amide bonds. The maximum absolute atomic E-state index is 13.6. The van der Waals surface area contributed by atoms with Crippen LogP contribution in [0.5, 0.6) is 0 Å². The van der Waals surface area contributed by atoms with Crippen molar-refractivity contribution in [2.45, 2.75) is 26.2 Å². The van der Waals surface area contributed by atoms with Gasteiger partial charge in [-0.2, -0.15) is 5.10 Å². The summed E-state index contributed by atoms with van der Waals surface area (Å²) in [5.74, 6) is -0.762. The van der Waals surface area contributed by atoms with Crippen LogP contribution in [-0.4, -0.2) is 40.6 Å². The first-order chi connectivity index (χ1) is 15.4. The van der Waals surface area contributed by atoms with Gasteiger partial charge in [-0.1, -0.05) is 17.7 Å². The number of carbonyl (C=O) groups is 3. The number of hydrogen-bond acceptors (Lipinski definition) is 4. The van der Waals surface area contributed by atoms with Gasteiger partial charge in [0.2, 0.25) is 5.91 Å². The lowest BCUT2D eigenvalue weighted by Gasteiger charge is -2.28. The summed E-state index contributed by atoms with van der Waals surface area (Å²) in [6.07, 6.45) is 1.90. The van der Waals surface area contributed by atoms with Crippen molar-refractivity contribution in [2.75, 3.05) is 22.9 Å². The Morgan fingerprint density at radius 3 is 2.09 bits per heavy atom. The van der Waals surface area contributed by atoms with Crippen LogP contribution in [0.25, 0.3) is 5.69 Å². The Kier molecular flexibility index (Phi) is 4.77. The Morgan fingerprint density at radius 1 is 0.875 bits per heavy atom. The maximum Gasteiger partial charge on any atom is 0.277 e. The first-order valence-corrected chi connectivity index (χ1v) is 10.6. The number of nitrogens with zero attached hydrogens (tertiary/aromatic N) is 4. The average molecular weight is 429 g/mol. The molecule has 1 fully saturated rings. The van der Waals surface area contributed by atoms with Gasteiger partial charge in [0.05, 0.1) is 5.69 Å². The van der Waals surface area contributed by atoms with Gasteiger partial charge in [0.1, 0.15) is 5.69 Å². The molecule has 1 aromatic heterocycles. The Hall–Kier alpha value is -3.94. The van der Waals surface area contributed by atoms with Crippen LogP contribution in [0.2, 0.25) is 0 Å². The number of fused-ring (bicyclic) bond motifs is 1. The van der Waals surface area contributed by atoms with Gasteiger partial charge in [0.15, 0.2) is 5.69 Å². The van der Waals surface area contributed by atoms with E-state index in [0.717, 1.165) is 29.9 Å². The van der Waals surface area contributed by atoms with Gasteiger partial charge < -0.3 is 15.5 Å². The fourth-order valence-corrected chi connectivity index (χ4v) is 4.41. The predicted molar refractivity (Wildman–Crippen MR) is 120 cm³/mol. The number of anilines is 2. The van der Waals surface area contributed by atoms with Crippen molar-refractivity contribution in [1.82, 2.24) is 9.78 Å². The number of rotatable bonds is 4. The molecule has 8 heteroatoms. The van der Waals surface area contributed by atoms with Crippen LogP contribution < -0.4 is 15.5 Å². The molecule has 3 aromatic rings. The van der Waals surface area contributed by atoms with Gasteiger partial charge in [-0.25, -0.2) is 4.68 Å². The van der Waals surface area contributed by atoms with Crippen LogP contribution in [-0.2, 0) is 11.2 Å². The standard InChI is InChI=1S/C24H23N5O3/c1-15-4-6-18(7-5-15)29-22-19(21(26-29)23(25)31)12-14-28(24(22)32)17-10-8-16(9-11-17)27-13-2-3-20(27)30/h4-11H,2-3,12-14H2,1H3,(H2,25,31). The highest BCUT2D eigenvalue weighted by Gasteiger charge is 2.34. The van der Waals surface area contributed by atoms with Crippen molar-refractivity contribution in [3.05, 3.63) is 71.0 Å². The number of hydrogen-bond donors (Lipinski definition) is 1. The lowest BCUT2D eigenvalue weighted by atomic mass is 10.0. The van der Waals surface area contributed by atoms with Gasteiger partial charge in [-0.15, -0.1) is 0 Å². The lowest BCUT2D eigenvalue weighted by Crippen LogP contribution is -2.39. The summed E-state index contributed by atoms with van der Waals surface area (Å²) in [4.78, 5) is 41.0. The Balaban J connectivity index is 1.52. The van der Waals surface area contributed by atoms with E-state index in [9.17, 15) is 14.4 Å². The smallest absolute Gasteiger partial charge is 0.277 e. The predicted octanol–water partition coefficient (Wildman–Crippen LogP) is 2.61. The number of nitrogens with two attached hydrogens (primary N) is 1. The zero-order valence-corrected chi connectivity index (χ0v) is 17.7. The number of primary amides is 1. The molecule has 0 aliphatic carbocycles. The third-order valence-corrected chi connectivity index (χ3v) is 6.08. The van der Waals surface area contributed by atoms with E-state index < -0.39 is 5.91 Å². The van der Waals surface area contributed by atoms with Crippen molar-refractivity contribution >= 4 is 29.1 Å². The summed E-state index contributed by atoms with van der Waals surface area (Å²) in [6.45, 7) is 3.10. The van der Waals surface area contributed by atoms with Gasteiger partial charge in [-0.3, -0.25) is 14.4 Å². The summed E-state index contributed by atoms with van der Waals surface area (Å²) in [5.41, 5.74) is 9.97. The molecule has 0 atom stereocenters. The van der Waals surface area contributed by atoms with Crippen molar-refractivity contribution in [1.29, 1.82) is 0 Å². The molecule has 32 heavy (non-hydrogen) atoms. The van der Waals surface area contributed by atoms with Crippen LogP contribution in [0, 0.1) is 6.92 Å². The van der Waals surface area contributed by atoms with E-state index in [-0.39, 0.29) is 17.5 Å². The summed E-state index contributed by atoms with van der Waals surface area (Å²) in [7, 11) is 0. The fourth-order valence-electron chi connectivity index (χ4n) is 4.41. The first kappa shape index (κ1) is 20.0. The van der Waals surface area contributed by atoms with Gasteiger partial charge in [-0.05, 0) is 56.2 Å². The van der Waals surface area contributed by atoms with Crippen LogP contribution in [0.3, 0.4) is 0 Å². The lowest BCUT2D eigenvalue weighted by molar-refractivity contribution is -0.117. The minimum atomic E-state index is -0.645. The molecule has 2 N–H and O–H groups in total. The Labute approximate surface area is 185 Å². The average Bonchev–Trinajstić information content (AvgIpc) is 3.39. The molecule has 0 spiro atoms. The van der Waals surface area contributed by atoms with E-state index in [2.05, 4.69) is 5.10 Å². The van der Waals surface area contributed by atoms with Gasteiger partial charge in [0.25, 0.3) is 11.8 Å². The number of benzene rings is 2. The molecule has 3 heterocycles. The van der Waals surface area contributed by atoms with Crippen LogP contribution >= 0.6 is 0 Å². The highest BCUT2D eigenvalue weighted by Crippen LogP contribution is 2.30. The highest BCUT2D eigenvalue weighted by atomic mass is 16.2. The molecule has 2 aliphatic heterocycles. The van der Waals surface area contributed by atoms with Crippen molar-refractivity contribution < 1.29 is 14.4 Å². The molecule has 2 aromatic carbocycles. The van der Waals surface area contributed by atoms with Crippen LogP contribution in [0.1, 0.15) is 44.9 Å². The number of aromatic nitrogens is 2. The van der Waals surface area contributed by atoms with E-state index in [1.165, 1.54) is 4.68 Å². The van der Waals surface area contributed by atoms with Gasteiger partial charge in [0, 0.05) is 36.4 Å². The zero-order chi connectivity index (χ0) is 22.4. The second-order valence-corrected chi connectivity index (χ2v) is 8.16. The number of carbonyl (C=O) groups excluding carboxylic acids is 3. The quantitative estimate of drug-likeness (QED) is 0.689. The second kappa shape index (κ2) is 7.64. The topological polar surface area (TPSA) is 102 Å². The van der Waals surface area contributed by atoms with Crippen molar-refractivity contribution in [2.24, 2.45) is 5.73 Å². The SMILES string of the molecule is Cc1ccc(-n2nc(C(N)=O)c3c2C(=O)N(c2ccc(N4CCCC4=O)cc2)CC3)cc1. The Morgan fingerprint density at radius 2 is 1.50 bits per heavy atom. The molecule has 0 bridgehead atoms. The van der Waals surface area contributed by atoms with E-state index >= 15 is 0 Å². The summed E-state index contributed by atoms with van der Waals surface area (Å²) in [5, 5.41) is 4.39. The van der Waals surface area contributed by atoms with Crippen molar-refractivity contribution in [3.8, 4) is 5.69 Å². The largest absolute Gasteiger partial charge is 0.364 e. The first-order valence-electron chi connectivity index (χ1n) is 10.6. The number of amides is 3. The zero-order valence-electron chi connectivity index (χ0n) is 17.7. The molecular formula is C24H23N5O3. The molecule has 2 aliphatic rings. The molecule has 8 nitrogen and oxygen atoms in total. The Bertz CT molecular complexity index is 1230. The summed E-state index contributed by atoms with van der Waals surface area (Å²) in [6, 6.07) is 15.0. The summed E-state index contributed by atoms with van der Waals surface area (Å²) < 4.78 is 1.51. The second-order valence-electron chi connectivity index (χ2n) is 8.16. The van der Waals surface area contributed by atoms with Crippen LogP contribution in [0.4, 0.5) is 11.4 Å². The minimum absolute atomic E-state index is 0.123. The molecule has 5 rings (SSSR count). The van der Waals surface area contributed by atoms with Crippen LogP contribution in [0.15, 0.2) is 48.5 Å².